The Labute approximate surface area is 139 Å². The quantitative estimate of drug-likeness (QED) is 0.877. The molecular weight excluding hydrogens is 320 g/mol. The van der Waals surface area contributed by atoms with Crippen molar-refractivity contribution < 1.29 is 9.53 Å². The Morgan fingerprint density at radius 1 is 1.27 bits per heavy atom. The molecule has 1 amide bonds. The van der Waals surface area contributed by atoms with Gasteiger partial charge in [0.05, 0.1) is 22.4 Å². The van der Waals surface area contributed by atoms with Crippen molar-refractivity contribution in [2.45, 2.75) is 6.04 Å². The lowest BCUT2D eigenvalue weighted by atomic mass is 10.1. The maximum Gasteiger partial charge on any atom is 0.261 e. The molecule has 1 heterocycles. The summed E-state index contributed by atoms with van der Waals surface area (Å²) >= 11 is 7.14. The van der Waals surface area contributed by atoms with Gasteiger partial charge in [-0.3, -0.25) is 4.79 Å². The molecule has 1 atom stereocenters. The molecule has 0 radical (unpaired) electrons. The summed E-state index contributed by atoms with van der Waals surface area (Å²) in [4.78, 5) is 14.8. The highest BCUT2D eigenvalue weighted by Gasteiger charge is 2.16. The van der Waals surface area contributed by atoms with Gasteiger partial charge >= 0.3 is 0 Å². The number of hydrogen-bond donors (Lipinski definition) is 1. The Hall–Kier alpha value is -1.56. The zero-order valence-corrected chi connectivity index (χ0v) is 14.4. The van der Waals surface area contributed by atoms with Crippen molar-refractivity contribution in [3.05, 3.63) is 51.2 Å². The van der Waals surface area contributed by atoms with E-state index >= 15 is 0 Å². The van der Waals surface area contributed by atoms with Gasteiger partial charge in [0.25, 0.3) is 5.91 Å². The topological polar surface area (TPSA) is 41.6 Å². The minimum absolute atomic E-state index is 0.0882. The summed E-state index contributed by atoms with van der Waals surface area (Å²) in [5.41, 5.74) is 1.12. The van der Waals surface area contributed by atoms with Crippen LogP contribution >= 0.6 is 22.9 Å². The van der Waals surface area contributed by atoms with E-state index in [2.05, 4.69) is 10.2 Å². The minimum Gasteiger partial charge on any atom is -0.497 e. The van der Waals surface area contributed by atoms with Gasteiger partial charge in [-0.25, -0.2) is 0 Å². The lowest BCUT2D eigenvalue weighted by molar-refractivity contribution is 0.0946. The largest absolute Gasteiger partial charge is 0.497 e. The van der Waals surface area contributed by atoms with Crippen LogP contribution in [-0.2, 0) is 0 Å². The first kappa shape index (κ1) is 16.8. The van der Waals surface area contributed by atoms with E-state index < -0.39 is 0 Å². The molecule has 2 aromatic rings. The van der Waals surface area contributed by atoms with E-state index in [0.717, 1.165) is 11.3 Å². The predicted octanol–water partition coefficient (Wildman–Crippen LogP) is 3.44. The molecule has 6 heteroatoms. The van der Waals surface area contributed by atoms with Gasteiger partial charge in [-0.2, -0.15) is 0 Å². The van der Waals surface area contributed by atoms with Crippen molar-refractivity contribution in [2.75, 3.05) is 27.7 Å². The molecule has 1 aromatic carbocycles. The lowest BCUT2D eigenvalue weighted by Gasteiger charge is -2.25. The number of nitrogens with one attached hydrogen (secondary N) is 1. The molecule has 118 valence electrons. The van der Waals surface area contributed by atoms with Crippen molar-refractivity contribution in [1.82, 2.24) is 10.2 Å². The summed E-state index contributed by atoms with van der Waals surface area (Å²) in [6.07, 6.45) is 0. The summed E-state index contributed by atoms with van der Waals surface area (Å²) in [6.45, 7) is 0.522. The van der Waals surface area contributed by atoms with Crippen LogP contribution in [0.15, 0.2) is 36.4 Å². The number of amides is 1. The molecular formula is C16H19ClN2O2S. The third-order valence-electron chi connectivity index (χ3n) is 3.38. The molecule has 0 aliphatic heterocycles. The normalized spacial score (nSPS) is 12.2. The van der Waals surface area contributed by atoms with Crippen LogP contribution < -0.4 is 10.1 Å². The fraction of sp³-hybridized carbons (Fsp3) is 0.312. The molecule has 0 bridgehead atoms. The molecule has 2 rings (SSSR count). The number of hydrogen-bond acceptors (Lipinski definition) is 4. The van der Waals surface area contributed by atoms with Crippen LogP contribution in [0.5, 0.6) is 5.75 Å². The second kappa shape index (κ2) is 7.63. The van der Waals surface area contributed by atoms with Crippen molar-refractivity contribution in [2.24, 2.45) is 0 Å². The average molecular weight is 339 g/mol. The highest BCUT2D eigenvalue weighted by Crippen LogP contribution is 2.23. The third kappa shape index (κ3) is 4.22. The number of halogens is 1. The predicted molar refractivity (Wildman–Crippen MR) is 91.1 cm³/mol. The van der Waals surface area contributed by atoms with Crippen LogP contribution in [0.3, 0.4) is 0 Å². The van der Waals surface area contributed by atoms with Crippen LogP contribution in [0.2, 0.25) is 4.34 Å². The van der Waals surface area contributed by atoms with Crippen LogP contribution in [0, 0.1) is 0 Å². The maximum atomic E-state index is 12.1. The first-order chi connectivity index (χ1) is 10.5. The summed E-state index contributed by atoms with van der Waals surface area (Å²) in [5, 5.41) is 2.96. The van der Waals surface area contributed by atoms with Gasteiger partial charge in [-0.1, -0.05) is 23.7 Å². The summed E-state index contributed by atoms with van der Waals surface area (Å²) in [6, 6.07) is 11.4. The van der Waals surface area contributed by atoms with Gasteiger partial charge in [0, 0.05) is 6.54 Å². The Balaban J connectivity index is 2.03. The highest BCUT2D eigenvalue weighted by molar-refractivity contribution is 7.17. The number of thiophene rings is 1. The van der Waals surface area contributed by atoms with Gasteiger partial charge in [-0.05, 0) is 43.9 Å². The van der Waals surface area contributed by atoms with Gasteiger partial charge in [0.2, 0.25) is 0 Å². The number of carbonyl (C=O) groups is 1. The van der Waals surface area contributed by atoms with Crippen molar-refractivity contribution in [3.63, 3.8) is 0 Å². The average Bonchev–Trinajstić information content (AvgIpc) is 2.94. The van der Waals surface area contributed by atoms with Crippen LogP contribution in [0.4, 0.5) is 0 Å². The first-order valence-electron chi connectivity index (χ1n) is 6.85. The molecule has 0 spiro atoms. The zero-order chi connectivity index (χ0) is 16.1. The van der Waals surface area contributed by atoms with Crippen LogP contribution in [-0.4, -0.2) is 38.6 Å². The van der Waals surface area contributed by atoms with Crippen LogP contribution in [0.25, 0.3) is 0 Å². The van der Waals surface area contributed by atoms with E-state index in [4.69, 9.17) is 16.3 Å². The molecule has 0 fully saturated rings. The number of carbonyl (C=O) groups excluding carboxylic acids is 1. The number of benzene rings is 1. The standard InChI is InChI=1S/C16H19ClN2O2S/c1-19(2)13(11-4-6-12(21-3)7-5-11)10-18-16(20)14-8-9-15(17)22-14/h4-9,13H,10H2,1-3H3,(H,18,20)/t13-/m0/s1. The van der Waals surface area contributed by atoms with Gasteiger partial charge < -0.3 is 15.0 Å². The zero-order valence-electron chi connectivity index (χ0n) is 12.8. The summed E-state index contributed by atoms with van der Waals surface area (Å²) in [5.74, 6) is 0.718. The third-order valence-corrected chi connectivity index (χ3v) is 4.61. The fourth-order valence-electron chi connectivity index (χ4n) is 2.14. The smallest absolute Gasteiger partial charge is 0.261 e. The van der Waals surface area contributed by atoms with E-state index in [1.807, 2.05) is 38.4 Å². The Bertz CT molecular complexity index is 625. The minimum atomic E-state index is -0.0998. The van der Waals surface area contributed by atoms with Crippen molar-refractivity contribution >= 4 is 28.8 Å². The number of likely N-dealkylation sites (N-methyl/N-ethyl adjacent to an activating group) is 1. The Morgan fingerprint density at radius 3 is 2.45 bits per heavy atom. The monoisotopic (exact) mass is 338 g/mol. The van der Waals surface area contributed by atoms with Crippen molar-refractivity contribution in [1.29, 1.82) is 0 Å². The molecule has 4 nitrogen and oxygen atoms in total. The van der Waals surface area contributed by atoms with E-state index in [1.165, 1.54) is 11.3 Å². The molecule has 0 unspecified atom stereocenters. The fourth-order valence-corrected chi connectivity index (χ4v) is 3.10. The number of methoxy groups -OCH3 is 1. The summed E-state index contributed by atoms with van der Waals surface area (Å²) in [7, 11) is 5.62. The molecule has 22 heavy (non-hydrogen) atoms. The Morgan fingerprint density at radius 2 is 1.95 bits per heavy atom. The molecule has 0 saturated heterocycles. The molecule has 1 aromatic heterocycles. The molecule has 1 N–H and O–H groups in total. The molecule has 0 saturated carbocycles. The lowest BCUT2D eigenvalue weighted by Crippen LogP contribution is -2.34. The van der Waals surface area contributed by atoms with Gasteiger partial charge in [0.15, 0.2) is 0 Å². The number of rotatable bonds is 6. The second-order valence-electron chi connectivity index (χ2n) is 5.07. The van der Waals surface area contributed by atoms with Crippen LogP contribution in [0.1, 0.15) is 21.3 Å². The highest BCUT2D eigenvalue weighted by atomic mass is 35.5. The maximum absolute atomic E-state index is 12.1. The summed E-state index contributed by atoms with van der Waals surface area (Å²) < 4.78 is 5.79. The van der Waals surface area contributed by atoms with Gasteiger partial charge in [0.1, 0.15) is 5.75 Å². The Kier molecular flexibility index (Phi) is 5.83. The molecule has 0 aliphatic rings. The van der Waals surface area contributed by atoms with Crippen molar-refractivity contribution in [3.8, 4) is 5.75 Å². The SMILES string of the molecule is COc1ccc([C@H](CNC(=O)c2ccc(Cl)s2)N(C)C)cc1. The second-order valence-corrected chi connectivity index (χ2v) is 6.78. The number of ether oxygens (including phenoxy) is 1. The molecule has 0 aliphatic carbocycles. The van der Waals surface area contributed by atoms with E-state index in [0.29, 0.717) is 15.8 Å². The van der Waals surface area contributed by atoms with Gasteiger partial charge in [-0.15, -0.1) is 11.3 Å². The number of nitrogens with zero attached hydrogens (tertiary/aromatic N) is 1. The van der Waals surface area contributed by atoms with E-state index in [-0.39, 0.29) is 11.9 Å². The van der Waals surface area contributed by atoms with E-state index in [9.17, 15) is 4.79 Å². The first-order valence-corrected chi connectivity index (χ1v) is 8.04. The van der Waals surface area contributed by atoms with E-state index in [1.54, 1.807) is 19.2 Å².